The van der Waals surface area contributed by atoms with E-state index in [1.54, 1.807) is 13.8 Å². The predicted molar refractivity (Wildman–Crippen MR) is 81.2 cm³/mol. The molecule has 9 nitrogen and oxygen atoms in total. The van der Waals surface area contributed by atoms with Gasteiger partial charge in [-0.1, -0.05) is 13.8 Å². The minimum atomic E-state index is -1.06. The normalized spacial score (nSPS) is 14.5. The van der Waals surface area contributed by atoms with Gasteiger partial charge in [0, 0.05) is 6.42 Å². The van der Waals surface area contributed by atoms with Gasteiger partial charge in [0.1, 0.15) is 12.1 Å². The van der Waals surface area contributed by atoms with Gasteiger partial charge in [0.25, 0.3) is 0 Å². The number of carbonyl (C=O) groups is 4. The van der Waals surface area contributed by atoms with E-state index in [1.165, 1.54) is 14.0 Å². The van der Waals surface area contributed by atoms with Crippen LogP contribution in [0.1, 0.15) is 33.6 Å². The van der Waals surface area contributed by atoms with Crippen molar-refractivity contribution in [2.45, 2.75) is 51.7 Å². The lowest BCUT2D eigenvalue weighted by molar-refractivity contribution is -0.146. The summed E-state index contributed by atoms with van der Waals surface area (Å²) < 4.78 is 4.61. The largest absolute Gasteiger partial charge is 0.481 e. The highest BCUT2D eigenvalue weighted by Crippen LogP contribution is 2.04. The Morgan fingerprint density at radius 3 is 2.09 bits per heavy atom. The topological polar surface area (TPSA) is 148 Å². The van der Waals surface area contributed by atoms with Crippen LogP contribution in [0.25, 0.3) is 0 Å². The van der Waals surface area contributed by atoms with E-state index in [-0.39, 0.29) is 18.8 Å². The summed E-state index contributed by atoms with van der Waals surface area (Å²) in [5, 5.41) is 13.4. The second-order valence-corrected chi connectivity index (χ2v) is 5.52. The third kappa shape index (κ3) is 7.59. The van der Waals surface area contributed by atoms with E-state index in [9.17, 15) is 19.2 Å². The first-order valence-corrected chi connectivity index (χ1v) is 7.26. The number of hydrogen-bond acceptors (Lipinski definition) is 6. The zero-order chi connectivity index (χ0) is 18.2. The van der Waals surface area contributed by atoms with Crippen molar-refractivity contribution in [3.8, 4) is 0 Å². The molecule has 0 spiro atoms. The minimum Gasteiger partial charge on any atom is -0.481 e. The fraction of sp³-hybridized carbons (Fsp3) is 0.714. The minimum absolute atomic E-state index is 0.0354. The van der Waals surface area contributed by atoms with Crippen molar-refractivity contribution >= 4 is 23.8 Å². The quantitative estimate of drug-likeness (QED) is 0.396. The molecule has 0 saturated carbocycles. The number of nitrogens with one attached hydrogen (secondary N) is 2. The zero-order valence-electron chi connectivity index (χ0n) is 13.8. The van der Waals surface area contributed by atoms with Crippen LogP contribution in [-0.4, -0.2) is 54.1 Å². The molecule has 2 amide bonds. The van der Waals surface area contributed by atoms with E-state index in [0.717, 1.165) is 0 Å². The van der Waals surface area contributed by atoms with Gasteiger partial charge in [0.2, 0.25) is 11.8 Å². The van der Waals surface area contributed by atoms with E-state index in [1.807, 2.05) is 0 Å². The lowest BCUT2D eigenvalue weighted by atomic mass is 10.0. The molecule has 0 unspecified atom stereocenters. The summed E-state index contributed by atoms with van der Waals surface area (Å²) in [4.78, 5) is 45.8. The van der Waals surface area contributed by atoms with Crippen LogP contribution < -0.4 is 16.4 Å². The lowest BCUT2D eigenvalue weighted by Gasteiger charge is -2.23. The van der Waals surface area contributed by atoms with Gasteiger partial charge >= 0.3 is 11.9 Å². The molecule has 0 fully saturated rings. The molecule has 0 saturated heterocycles. The van der Waals surface area contributed by atoms with Crippen LogP contribution in [0.4, 0.5) is 0 Å². The van der Waals surface area contributed by atoms with Crippen LogP contribution >= 0.6 is 0 Å². The highest BCUT2D eigenvalue weighted by molar-refractivity contribution is 5.91. The number of aliphatic carboxylic acids is 1. The number of ether oxygens (including phenoxy) is 1. The molecule has 0 aromatic heterocycles. The van der Waals surface area contributed by atoms with Gasteiger partial charge in [-0.2, -0.15) is 0 Å². The zero-order valence-corrected chi connectivity index (χ0v) is 13.8. The molecule has 23 heavy (non-hydrogen) atoms. The van der Waals surface area contributed by atoms with E-state index >= 15 is 0 Å². The van der Waals surface area contributed by atoms with Crippen LogP contribution in [0, 0.1) is 5.92 Å². The second kappa shape index (κ2) is 9.78. The Balaban J connectivity index is 4.56. The Hall–Kier alpha value is -2.16. The number of rotatable bonds is 9. The molecule has 3 atom stereocenters. The molecule has 0 aliphatic carbocycles. The molecule has 132 valence electrons. The average molecular weight is 331 g/mol. The molecule has 0 bridgehead atoms. The van der Waals surface area contributed by atoms with Crippen molar-refractivity contribution in [2.24, 2.45) is 11.7 Å². The van der Waals surface area contributed by atoms with Gasteiger partial charge in [-0.3, -0.25) is 14.4 Å². The van der Waals surface area contributed by atoms with E-state index in [0.29, 0.717) is 0 Å². The third-order valence-electron chi connectivity index (χ3n) is 3.18. The molecule has 0 aromatic rings. The molecular formula is C14H25N3O6. The summed E-state index contributed by atoms with van der Waals surface area (Å²) in [6.07, 6.45) is -0.279. The maximum atomic E-state index is 12.0. The SMILES string of the molecule is COC(=O)[C@@H](NC(=O)[C@H](C)NC(=O)[C@@H](N)CCC(=O)O)C(C)C. The molecule has 5 N–H and O–H groups in total. The van der Waals surface area contributed by atoms with Gasteiger partial charge in [-0.25, -0.2) is 4.79 Å². The number of nitrogens with two attached hydrogens (primary N) is 1. The smallest absolute Gasteiger partial charge is 0.328 e. The van der Waals surface area contributed by atoms with Gasteiger partial charge in [0.05, 0.1) is 13.2 Å². The second-order valence-electron chi connectivity index (χ2n) is 5.52. The Bertz CT molecular complexity index is 452. The number of amides is 2. The molecular weight excluding hydrogens is 306 g/mol. The van der Waals surface area contributed by atoms with Crippen molar-refractivity contribution in [1.82, 2.24) is 10.6 Å². The summed E-state index contributed by atoms with van der Waals surface area (Å²) in [5.41, 5.74) is 5.55. The standard InChI is InChI=1S/C14H25N3O6/c1-7(2)11(14(22)23-4)17-12(20)8(3)16-13(21)9(15)5-6-10(18)19/h7-9,11H,5-6,15H2,1-4H3,(H,16,21)(H,17,20)(H,18,19)/t8-,9-,11-/m0/s1. The first-order chi connectivity index (χ1) is 10.6. The molecule has 0 aromatic carbocycles. The van der Waals surface area contributed by atoms with E-state index < -0.39 is 41.9 Å². The summed E-state index contributed by atoms with van der Waals surface area (Å²) in [7, 11) is 1.22. The van der Waals surface area contributed by atoms with Gasteiger partial charge in [-0.15, -0.1) is 0 Å². The summed E-state index contributed by atoms with van der Waals surface area (Å²) in [6, 6.07) is -2.78. The number of carboxylic acids is 1. The lowest BCUT2D eigenvalue weighted by Crippen LogP contribution is -2.54. The number of methoxy groups -OCH3 is 1. The number of carboxylic acid groups (broad SMARTS) is 1. The molecule has 0 heterocycles. The van der Waals surface area contributed by atoms with Gasteiger partial charge in [0.15, 0.2) is 0 Å². The van der Waals surface area contributed by atoms with Gasteiger partial charge in [-0.05, 0) is 19.3 Å². The maximum absolute atomic E-state index is 12.0. The highest BCUT2D eigenvalue weighted by atomic mass is 16.5. The summed E-state index contributed by atoms with van der Waals surface area (Å²) in [5.74, 6) is -3.02. The summed E-state index contributed by atoms with van der Waals surface area (Å²) >= 11 is 0. The highest BCUT2D eigenvalue weighted by Gasteiger charge is 2.28. The predicted octanol–water partition coefficient (Wildman–Crippen LogP) is -1.00. The van der Waals surface area contributed by atoms with Crippen LogP contribution in [0.15, 0.2) is 0 Å². The van der Waals surface area contributed by atoms with Crippen molar-refractivity contribution in [2.75, 3.05) is 7.11 Å². The molecule has 0 radical (unpaired) electrons. The van der Waals surface area contributed by atoms with Crippen LogP contribution in [-0.2, 0) is 23.9 Å². The van der Waals surface area contributed by atoms with Crippen molar-refractivity contribution in [3.05, 3.63) is 0 Å². The number of esters is 1. The van der Waals surface area contributed by atoms with E-state index in [2.05, 4.69) is 15.4 Å². The first kappa shape index (κ1) is 20.8. The number of hydrogen-bond donors (Lipinski definition) is 4. The monoisotopic (exact) mass is 331 g/mol. The molecule has 0 aliphatic heterocycles. The fourth-order valence-corrected chi connectivity index (χ4v) is 1.70. The van der Waals surface area contributed by atoms with Gasteiger partial charge < -0.3 is 26.2 Å². The van der Waals surface area contributed by atoms with E-state index in [4.69, 9.17) is 10.8 Å². The Kier molecular flexibility index (Phi) is 8.86. The maximum Gasteiger partial charge on any atom is 0.328 e. The van der Waals surface area contributed by atoms with Crippen LogP contribution in [0.3, 0.4) is 0 Å². The molecule has 9 heteroatoms. The van der Waals surface area contributed by atoms with Crippen LogP contribution in [0.5, 0.6) is 0 Å². The third-order valence-corrected chi connectivity index (χ3v) is 3.18. The first-order valence-electron chi connectivity index (χ1n) is 7.26. The van der Waals surface area contributed by atoms with Crippen molar-refractivity contribution in [3.63, 3.8) is 0 Å². The van der Waals surface area contributed by atoms with Crippen molar-refractivity contribution in [1.29, 1.82) is 0 Å². The fourth-order valence-electron chi connectivity index (χ4n) is 1.70. The Morgan fingerprint density at radius 1 is 1.09 bits per heavy atom. The average Bonchev–Trinajstić information content (AvgIpc) is 2.48. The number of carbonyl (C=O) groups excluding carboxylic acids is 3. The Labute approximate surface area is 134 Å². The Morgan fingerprint density at radius 2 is 1.65 bits per heavy atom. The molecule has 0 rings (SSSR count). The summed E-state index contributed by atoms with van der Waals surface area (Å²) in [6.45, 7) is 4.92. The molecule has 0 aliphatic rings. The van der Waals surface area contributed by atoms with Crippen molar-refractivity contribution < 1.29 is 29.0 Å². The van der Waals surface area contributed by atoms with Crippen LogP contribution in [0.2, 0.25) is 0 Å².